The van der Waals surface area contributed by atoms with Gasteiger partial charge in [0.15, 0.2) is 5.76 Å². The minimum atomic E-state index is -0.267. The number of carbonyl (C=O) groups is 1. The Morgan fingerprint density at radius 3 is 2.79 bits per heavy atom. The van der Waals surface area contributed by atoms with Crippen molar-refractivity contribution in [1.29, 1.82) is 0 Å². The van der Waals surface area contributed by atoms with Crippen molar-refractivity contribution in [3.05, 3.63) is 58.0 Å². The van der Waals surface area contributed by atoms with Crippen LogP contribution in [0.5, 0.6) is 0 Å². The van der Waals surface area contributed by atoms with E-state index in [1.807, 2.05) is 27.1 Å². The van der Waals surface area contributed by atoms with Crippen LogP contribution >= 0.6 is 11.6 Å². The Balaban J connectivity index is 1.64. The van der Waals surface area contributed by atoms with Gasteiger partial charge in [-0.2, -0.15) is 10.2 Å². The molecule has 0 aromatic carbocycles. The first-order chi connectivity index (χ1) is 11.4. The number of nitrogens with one attached hydrogen (secondary N) is 1. The van der Waals surface area contributed by atoms with Gasteiger partial charge in [-0.05, 0) is 26.0 Å². The first kappa shape index (κ1) is 16.3. The number of amides is 1. The zero-order valence-corrected chi connectivity index (χ0v) is 14.5. The summed E-state index contributed by atoms with van der Waals surface area (Å²) in [5.74, 6) is 0.641. The Morgan fingerprint density at radius 1 is 1.38 bits per heavy atom. The molecule has 1 amide bonds. The standard InChI is InChI=1S/C16H18ClN5O2/c1-10-15(17)11(2)22(20-10)9-13-4-5-14(24-13)16(23)18-6-12-7-19-21(3)8-12/h4-5,7-8H,6,9H2,1-3H3,(H,18,23). The summed E-state index contributed by atoms with van der Waals surface area (Å²) < 4.78 is 9.05. The van der Waals surface area contributed by atoms with E-state index in [4.69, 9.17) is 16.0 Å². The fourth-order valence-electron chi connectivity index (χ4n) is 2.39. The first-order valence-electron chi connectivity index (χ1n) is 7.48. The van der Waals surface area contributed by atoms with Crippen molar-refractivity contribution in [3.63, 3.8) is 0 Å². The lowest BCUT2D eigenvalue weighted by atomic mass is 10.3. The molecule has 0 saturated carbocycles. The molecule has 0 aliphatic heterocycles. The normalized spacial score (nSPS) is 11.0. The monoisotopic (exact) mass is 347 g/mol. The van der Waals surface area contributed by atoms with Crippen LogP contribution in [0.4, 0.5) is 0 Å². The number of nitrogens with zero attached hydrogens (tertiary/aromatic N) is 4. The maximum absolute atomic E-state index is 12.1. The number of furan rings is 1. The van der Waals surface area contributed by atoms with Gasteiger partial charge in [-0.1, -0.05) is 11.6 Å². The summed E-state index contributed by atoms with van der Waals surface area (Å²) in [5, 5.41) is 11.9. The van der Waals surface area contributed by atoms with Crippen molar-refractivity contribution >= 4 is 17.5 Å². The van der Waals surface area contributed by atoms with E-state index in [0.717, 1.165) is 17.0 Å². The molecule has 0 atom stereocenters. The highest BCUT2D eigenvalue weighted by molar-refractivity contribution is 6.31. The zero-order valence-electron chi connectivity index (χ0n) is 13.7. The number of aryl methyl sites for hydroxylation is 2. The highest BCUT2D eigenvalue weighted by Crippen LogP contribution is 2.20. The predicted octanol–water partition coefficient (Wildman–Crippen LogP) is 2.46. The van der Waals surface area contributed by atoms with Crippen LogP contribution in [0.25, 0.3) is 0 Å². The van der Waals surface area contributed by atoms with E-state index in [2.05, 4.69) is 15.5 Å². The molecule has 0 aliphatic carbocycles. The molecule has 0 fully saturated rings. The van der Waals surface area contributed by atoms with Gasteiger partial charge >= 0.3 is 0 Å². The third-order valence-electron chi connectivity index (χ3n) is 3.70. The molecule has 0 aliphatic rings. The molecule has 0 radical (unpaired) electrons. The van der Waals surface area contributed by atoms with Crippen LogP contribution < -0.4 is 5.32 Å². The third-order valence-corrected chi connectivity index (χ3v) is 4.24. The number of aromatic nitrogens is 4. The maximum atomic E-state index is 12.1. The Bertz CT molecular complexity index is 877. The van der Waals surface area contributed by atoms with Crippen molar-refractivity contribution in [2.45, 2.75) is 26.9 Å². The van der Waals surface area contributed by atoms with Crippen LogP contribution in [-0.2, 0) is 20.1 Å². The molecule has 0 saturated heterocycles. The lowest BCUT2D eigenvalue weighted by Crippen LogP contribution is -2.22. The number of rotatable bonds is 5. The van der Waals surface area contributed by atoms with Gasteiger partial charge in [0.2, 0.25) is 0 Å². The second kappa shape index (κ2) is 6.52. The highest BCUT2D eigenvalue weighted by atomic mass is 35.5. The van der Waals surface area contributed by atoms with E-state index >= 15 is 0 Å². The summed E-state index contributed by atoms with van der Waals surface area (Å²) in [6.45, 7) is 4.57. The number of hydrogen-bond acceptors (Lipinski definition) is 4. The van der Waals surface area contributed by atoms with Gasteiger partial charge in [-0.3, -0.25) is 14.2 Å². The molecule has 24 heavy (non-hydrogen) atoms. The van der Waals surface area contributed by atoms with Crippen LogP contribution in [0.2, 0.25) is 5.02 Å². The number of hydrogen-bond donors (Lipinski definition) is 1. The molecule has 0 spiro atoms. The third kappa shape index (κ3) is 3.35. The summed E-state index contributed by atoms with van der Waals surface area (Å²) in [5.41, 5.74) is 2.57. The second-order valence-corrected chi connectivity index (χ2v) is 5.99. The molecule has 3 aromatic rings. The van der Waals surface area contributed by atoms with E-state index in [-0.39, 0.29) is 11.7 Å². The van der Waals surface area contributed by atoms with Crippen LogP contribution in [0.1, 0.15) is 33.3 Å². The average molecular weight is 348 g/mol. The van der Waals surface area contributed by atoms with E-state index in [0.29, 0.717) is 23.9 Å². The molecule has 3 rings (SSSR count). The van der Waals surface area contributed by atoms with Crippen molar-refractivity contribution in [1.82, 2.24) is 24.9 Å². The molecule has 0 bridgehead atoms. The summed E-state index contributed by atoms with van der Waals surface area (Å²) in [6, 6.07) is 3.42. The quantitative estimate of drug-likeness (QED) is 0.769. The first-order valence-corrected chi connectivity index (χ1v) is 7.86. The van der Waals surface area contributed by atoms with Crippen LogP contribution in [0, 0.1) is 13.8 Å². The molecule has 126 valence electrons. The molecule has 1 N–H and O–H groups in total. The van der Waals surface area contributed by atoms with Crippen molar-refractivity contribution < 1.29 is 9.21 Å². The van der Waals surface area contributed by atoms with Gasteiger partial charge < -0.3 is 9.73 Å². The van der Waals surface area contributed by atoms with Gasteiger partial charge in [0.25, 0.3) is 5.91 Å². The Kier molecular flexibility index (Phi) is 4.44. The van der Waals surface area contributed by atoms with Crippen molar-refractivity contribution in [2.24, 2.45) is 7.05 Å². The number of halogens is 1. The topological polar surface area (TPSA) is 77.9 Å². The summed E-state index contributed by atoms with van der Waals surface area (Å²) >= 11 is 6.14. The molecule has 8 heteroatoms. The van der Waals surface area contributed by atoms with Gasteiger partial charge in [0.05, 0.1) is 29.2 Å². The zero-order chi connectivity index (χ0) is 17.3. The fraction of sp³-hybridized carbons (Fsp3) is 0.312. The Morgan fingerprint density at radius 2 is 2.17 bits per heavy atom. The minimum absolute atomic E-state index is 0.265. The van der Waals surface area contributed by atoms with Gasteiger partial charge in [-0.25, -0.2) is 0 Å². The molecule has 3 aromatic heterocycles. The van der Waals surface area contributed by atoms with E-state index in [9.17, 15) is 4.79 Å². The molecular formula is C16H18ClN5O2. The summed E-state index contributed by atoms with van der Waals surface area (Å²) in [7, 11) is 1.83. The number of carbonyl (C=O) groups excluding carboxylic acids is 1. The van der Waals surface area contributed by atoms with Gasteiger partial charge in [0, 0.05) is 25.4 Å². The predicted molar refractivity (Wildman–Crippen MR) is 88.9 cm³/mol. The second-order valence-electron chi connectivity index (χ2n) is 5.61. The summed E-state index contributed by atoms with van der Waals surface area (Å²) in [4.78, 5) is 12.1. The van der Waals surface area contributed by atoms with Crippen LogP contribution in [0.15, 0.2) is 28.9 Å². The van der Waals surface area contributed by atoms with E-state index in [1.54, 1.807) is 27.7 Å². The lowest BCUT2D eigenvalue weighted by Gasteiger charge is -2.02. The van der Waals surface area contributed by atoms with E-state index < -0.39 is 0 Å². The fourth-order valence-corrected chi connectivity index (χ4v) is 2.53. The van der Waals surface area contributed by atoms with Crippen molar-refractivity contribution in [3.8, 4) is 0 Å². The maximum Gasteiger partial charge on any atom is 0.287 e. The Hall–Kier alpha value is -2.54. The van der Waals surface area contributed by atoms with Gasteiger partial charge in [-0.15, -0.1) is 0 Å². The molecule has 0 unspecified atom stereocenters. The smallest absolute Gasteiger partial charge is 0.287 e. The lowest BCUT2D eigenvalue weighted by molar-refractivity contribution is 0.0921. The van der Waals surface area contributed by atoms with Gasteiger partial charge in [0.1, 0.15) is 5.76 Å². The molecule has 7 nitrogen and oxygen atoms in total. The molecular weight excluding hydrogens is 330 g/mol. The SMILES string of the molecule is Cc1nn(Cc2ccc(C(=O)NCc3cnn(C)c3)o2)c(C)c1Cl. The Labute approximate surface area is 144 Å². The van der Waals surface area contributed by atoms with E-state index in [1.165, 1.54) is 0 Å². The highest BCUT2D eigenvalue weighted by Gasteiger charge is 2.14. The largest absolute Gasteiger partial charge is 0.454 e. The average Bonchev–Trinajstić information content (AvgIpc) is 3.24. The van der Waals surface area contributed by atoms with Crippen molar-refractivity contribution in [2.75, 3.05) is 0 Å². The van der Waals surface area contributed by atoms with Crippen LogP contribution in [0.3, 0.4) is 0 Å². The van der Waals surface area contributed by atoms with Crippen LogP contribution in [-0.4, -0.2) is 25.5 Å². The minimum Gasteiger partial charge on any atom is -0.454 e. The molecule has 3 heterocycles. The summed E-state index contributed by atoms with van der Waals surface area (Å²) in [6.07, 6.45) is 3.56.